The second-order valence-corrected chi connectivity index (χ2v) is 4.21. The van der Waals surface area contributed by atoms with Crippen LogP contribution in [0.5, 0.6) is 11.5 Å². The van der Waals surface area contributed by atoms with Crippen molar-refractivity contribution in [3.05, 3.63) is 23.3 Å². The lowest BCUT2D eigenvalue weighted by Gasteiger charge is -2.36. The molecular formula is C12H11NO3. The van der Waals surface area contributed by atoms with E-state index < -0.39 is 5.41 Å². The van der Waals surface area contributed by atoms with Crippen LogP contribution in [0, 0.1) is 18.3 Å². The summed E-state index contributed by atoms with van der Waals surface area (Å²) in [5, 5.41) is 9.26. The first-order valence-electron chi connectivity index (χ1n) is 5.15. The number of ether oxygens (including phenoxy) is 3. The molecule has 4 nitrogen and oxygen atoms in total. The van der Waals surface area contributed by atoms with E-state index >= 15 is 0 Å². The third-order valence-electron chi connectivity index (χ3n) is 3.15. The molecule has 2 aliphatic heterocycles. The molecule has 16 heavy (non-hydrogen) atoms. The molecule has 2 heterocycles. The van der Waals surface area contributed by atoms with Crippen molar-refractivity contribution in [3.63, 3.8) is 0 Å². The van der Waals surface area contributed by atoms with Gasteiger partial charge in [-0.3, -0.25) is 0 Å². The summed E-state index contributed by atoms with van der Waals surface area (Å²) in [4.78, 5) is 0. The Bertz CT molecular complexity index is 486. The smallest absolute Gasteiger partial charge is 0.231 e. The summed E-state index contributed by atoms with van der Waals surface area (Å²) in [5.74, 6) is 1.48. The average molecular weight is 217 g/mol. The van der Waals surface area contributed by atoms with Gasteiger partial charge in [0.1, 0.15) is 5.41 Å². The van der Waals surface area contributed by atoms with Gasteiger partial charge < -0.3 is 14.2 Å². The molecule has 1 aromatic carbocycles. The van der Waals surface area contributed by atoms with E-state index in [0.29, 0.717) is 13.2 Å². The quantitative estimate of drug-likeness (QED) is 0.715. The Morgan fingerprint density at radius 1 is 1.25 bits per heavy atom. The van der Waals surface area contributed by atoms with Gasteiger partial charge in [0, 0.05) is 0 Å². The zero-order valence-electron chi connectivity index (χ0n) is 8.95. The Hall–Kier alpha value is -1.73. The van der Waals surface area contributed by atoms with E-state index in [1.165, 1.54) is 0 Å². The van der Waals surface area contributed by atoms with Gasteiger partial charge in [-0.05, 0) is 30.2 Å². The summed E-state index contributed by atoms with van der Waals surface area (Å²) in [6, 6.07) is 6.17. The molecule has 0 unspecified atom stereocenters. The summed E-state index contributed by atoms with van der Waals surface area (Å²) < 4.78 is 15.8. The molecule has 0 aliphatic carbocycles. The molecule has 1 fully saturated rings. The lowest BCUT2D eigenvalue weighted by atomic mass is 9.78. The fraction of sp³-hybridized carbons (Fsp3) is 0.417. The van der Waals surface area contributed by atoms with Crippen molar-refractivity contribution < 1.29 is 14.2 Å². The van der Waals surface area contributed by atoms with E-state index in [9.17, 15) is 5.26 Å². The predicted octanol–water partition coefficient (Wildman–Crippen LogP) is 1.52. The minimum atomic E-state index is -0.495. The molecule has 1 aromatic rings. The zero-order valence-corrected chi connectivity index (χ0v) is 8.95. The van der Waals surface area contributed by atoms with Gasteiger partial charge in [0.15, 0.2) is 11.5 Å². The van der Waals surface area contributed by atoms with Gasteiger partial charge in [-0.2, -0.15) is 5.26 Å². The van der Waals surface area contributed by atoms with Crippen LogP contribution in [0.15, 0.2) is 12.1 Å². The fourth-order valence-electron chi connectivity index (χ4n) is 2.15. The topological polar surface area (TPSA) is 51.5 Å². The number of hydrogen-bond acceptors (Lipinski definition) is 4. The lowest BCUT2D eigenvalue weighted by molar-refractivity contribution is -0.0301. The van der Waals surface area contributed by atoms with Crippen molar-refractivity contribution in [2.45, 2.75) is 12.3 Å². The van der Waals surface area contributed by atoms with E-state index in [-0.39, 0.29) is 6.79 Å². The molecule has 0 spiro atoms. The highest BCUT2D eigenvalue weighted by Gasteiger charge is 2.42. The molecule has 1 saturated heterocycles. The van der Waals surface area contributed by atoms with Gasteiger partial charge >= 0.3 is 0 Å². The van der Waals surface area contributed by atoms with Crippen molar-refractivity contribution in [1.29, 1.82) is 5.26 Å². The number of fused-ring (bicyclic) bond motifs is 1. The Labute approximate surface area is 93.3 Å². The molecule has 0 atom stereocenters. The van der Waals surface area contributed by atoms with Gasteiger partial charge in [0.2, 0.25) is 6.79 Å². The standard InChI is InChI=1S/C12H11NO3/c1-8-2-10-11(16-7-15-10)3-9(8)12(4-13)5-14-6-12/h2-3H,5-7H2,1H3. The Morgan fingerprint density at radius 2 is 1.94 bits per heavy atom. The molecule has 0 saturated carbocycles. The second-order valence-electron chi connectivity index (χ2n) is 4.21. The number of hydrogen-bond donors (Lipinski definition) is 0. The first-order valence-corrected chi connectivity index (χ1v) is 5.15. The molecule has 0 N–H and O–H groups in total. The van der Waals surface area contributed by atoms with Gasteiger partial charge in [-0.15, -0.1) is 0 Å². The maximum atomic E-state index is 9.26. The van der Waals surface area contributed by atoms with E-state index in [1.807, 2.05) is 19.1 Å². The van der Waals surface area contributed by atoms with Crippen molar-refractivity contribution in [1.82, 2.24) is 0 Å². The van der Waals surface area contributed by atoms with Gasteiger partial charge in [-0.25, -0.2) is 0 Å². The predicted molar refractivity (Wildman–Crippen MR) is 55.4 cm³/mol. The molecule has 0 amide bonds. The second kappa shape index (κ2) is 3.13. The molecule has 0 bridgehead atoms. The van der Waals surface area contributed by atoms with Crippen LogP contribution in [0.25, 0.3) is 0 Å². The Kier molecular flexibility index (Phi) is 1.86. The largest absolute Gasteiger partial charge is 0.454 e. The molecule has 2 aliphatic rings. The van der Waals surface area contributed by atoms with Crippen LogP contribution in [0.2, 0.25) is 0 Å². The first-order chi connectivity index (χ1) is 7.75. The van der Waals surface area contributed by atoms with E-state index in [0.717, 1.165) is 22.6 Å². The van der Waals surface area contributed by atoms with Crippen LogP contribution < -0.4 is 9.47 Å². The number of nitriles is 1. The highest BCUT2D eigenvalue weighted by molar-refractivity contribution is 5.53. The average Bonchev–Trinajstić information content (AvgIpc) is 2.64. The maximum absolute atomic E-state index is 9.26. The Balaban J connectivity index is 2.11. The summed E-state index contributed by atoms with van der Waals surface area (Å²) in [6.07, 6.45) is 0. The monoisotopic (exact) mass is 217 g/mol. The molecule has 0 aromatic heterocycles. The summed E-state index contributed by atoms with van der Waals surface area (Å²) >= 11 is 0. The van der Waals surface area contributed by atoms with Crippen LogP contribution in [-0.4, -0.2) is 20.0 Å². The fourth-order valence-corrected chi connectivity index (χ4v) is 2.15. The van der Waals surface area contributed by atoms with E-state index in [2.05, 4.69) is 6.07 Å². The van der Waals surface area contributed by atoms with Crippen LogP contribution in [-0.2, 0) is 10.2 Å². The SMILES string of the molecule is Cc1cc2c(cc1C1(C#N)COC1)OCO2. The van der Waals surface area contributed by atoms with Crippen LogP contribution >= 0.6 is 0 Å². The molecule has 82 valence electrons. The van der Waals surface area contributed by atoms with Crippen LogP contribution in [0.3, 0.4) is 0 Å². The Morgan fingerprint density at radius 3 is 2.50 bits per heavy atom. The van der Waals surface area contributed by atoms with E-state index in [4.69, 9.17) is 14.2 Å². The molecule has 0 radical (unpaired) electrons. The number of benzene rings is 1. The number of aryl methyl sites for hydroxylation is 1. The summed E-state index contributed by atoms with van der Waals surface area (Å²) in [5.41, 5.74) is 1.55. The molecule has 4 heteroatoms. The van der Waals surface area contributed by atoms with Crippen molar-refractivity contribution in [2.24, 2.45) is 0 Å². The van der Waals surface area contributed by atoms with Crippen LogP contribution in [0.4, 0.5) is 0 Å². The summed E-state index contributed by atoms with van der Waals surface area (Å²) in [7, 11) is 0. The van der Waals surface area contributed by atoms with Crippen molar-refractivity contribution in [2.75, 3.05) is 20.0 Å². The highest BCUT2D eigenvalue weighted by atomic mass is 16.7. The zero-order chi connectivity index (χ0) is 11.2. The highest BCUT2D eigenvalue weighted by Crippen LogP contribution is 2.41. The van der Waals surface area contributed by atoms with Crippen molar-refractivity contribution >= 4 is 0 Å². The van der Waals surface area contributed by atoms with E-state index in [1.54, 1.807) is 0 Å². The molecule has 3 rings (SSSR count). The summed E-state index contributed by atoms with van der Waals surface area (Å²) in [6.45, 7) is 3.16. The first kappa shape index (κ1) is 9.49. The van der Waals surface area contributed by atoms with Gasteiger partial charge in [0.05, 0.1) is 19.3 Å². The lowest BCUT2D eigenvalue weighted by Crippen LogP contribution is -2.45. The van der Waals surface area contributed by atoms with Crippen LogP contribution in [0.1, 0.15) is 11.1 Å². The maximum Gasteiger partial charge on any atom is 0.231 e. The van der Waals surface area contributed by atoms with Gasteiger partial charge in [-0.1, -0.05) is 0 Å². The molecular weight excluding hydrogens is 206 g/mol. The number of nitrogens with zero attached hydrogens (tertiary/aromatic N) is 1. The third-order valence-corrected chi connectivity index (χ3v) is 3.15. The van der Waals surface area contributed by atoms with Crippen molar-refractivity contribution in [3.8, 4) is 17.6 Å². The number of rotatable bonds is 1. The minimum Gasteiger partial charge on any atom is -0.454 e. The minimum absolute atomic E-state index is 0.258. The van der Waals surface area contributed by atoms with Gasteiger partial charge in [0.25, 0.3) is 0 Å². The normalized spacial score (nSPS) is 20.0. The third kappa shape index (κ3) is 1.12.